The predicted molar refractivity (Wildman–Crippen MR) is 87.0 cm³/mol. The Hall–Kier alpha value is -2.32. The average Bonchev–Trinajstić information content (AvgIpc) is 2.49. The van der Waals surface area contributed by atoms with Crippen molar-refractivity contribution in [3.63, 3.8) is 0 Å². The fourth-order valence-corrected chi connectivity index (χ4v) is 2.04. The van der Waals surface area contributed by atoms with Crippen molar-refractivity contribution >= 4 is 33.2 Å². The van der Waals surface area contributed by atoms with Crippen LogP contribution in [0, 0.1) is 11.3 Å². The van der Waals surface area contributed by atoms with Crippen LogP contribution in [0.5, 0.6) is 0 Å². The molecule has 5 heteroatoms. The minimum Gasteiger partial charge on any atom is -0.374 e. The van der Waals surface area contributed by atoms with Crippen molar-refractivity contribution in [2.75, 3.05) is 10.6 Å². The lowest BCUT2D eigenvalue weighted by Crippen LogP contribution is -2.31. The largest absolute Gasteiger partial charge is 0.374 e. The van der Waals surface area contributed by atoms with Gasteiger partial charge in [-0.3, -0.25) is 4.79 Å². The first-order valence-corrected chi connectivity index (χ1v) is 7.21. The topological polar surface area (TPSA) is 64.9 Å². The Balaban J connectivity index is 1.99. The van der Waals surface area contributed by atoms with Gasteiger partial charge in [0.1, 0.15) is 6.04 Å². The molecule has 0 aliphatic carbocycles. The Morgan fingerprint density at radius 2 is 1.90 bits per heavy atom. The smallest absolute Gasteiger partial charge is 0.246 e. The number of nitrogens with zero attached hydrogens (tertiary/aromatic N) is 1. The van der Waals surface area contributed by atoms with Gasteiger partial charge >= 0.3 is 0 Å². The summed E-state index contributed by atoms with van der Waals surface area (Å²) in [6, 6.07) is 16.1. The molecule has 0 fully saturated rings. The summed E-state index contributed by atoms with van der Waals surface area (Å²) in [7, 11) is 0. The second-order valence-corrected chi connectivity index (χ2v) is 5.47. The number of amides is 1. The molecule has 0 aliphatic rings. The molecule has 2 aromatic rings. The zero-order valence-electron chi connectivity index (χ0n) is 11.4. The molecule has 0 aliphatic heterocycles. The van der Waals surface area contributed by atoms with Gasteiger partial charge in [0.2, 0.25) is 5.91 Å². The highest BCUT2D eigenvalue weighted by Crippen LogP contribution is 2.16. The third kappa shape index (κ3) is 4.33. The fourth-order valence-electron chi connectivity index (χ4n) is 1.78. The predicted octanol–water partition coefficient (Wildman–Crippen LogP) is 3.76. The van der Waals surface area contributed by atoms with Crippen molar-refractivity contribution < 1.29 is 4.79 Å². The van der Waals surface area contributed by atoms with Gasteiger partial charge in [-0.1, -0.05) is 22.0 Å². The van der Waals surface area contributed by atoms with Crippen LogP contribution in [0.3, 0.4) is 0 Å². The molecule has 2 N–H and O–H groups in total. The van der Waals surface area contributed by atoms with E-state index in [9.17, 15) is 4.79 Å². The summed E-state index contributed by atoms with van der Waals surface area (Å²) in [5, 5.41) is 14.7. The Labute approximate surface area is 131 Å². The summed E-state index contributed by atoms with van der Waals surface area (Å²) in [4.78, 5) is 12.1. The van der Waals surface area contributed by atoms with Crippen molar-refractivity contribution in [3.8, 4) is 6.07 Å². The lowest BCUT2D eigenvalue weighted by atomic mass is 10.2. The van der Waals surface area contributed by atoms with E-state index in [0.29, 0.717) is 11.3 Å². The van der Waals surface area contributed by atoms with Gasteiger partial charge in [-0.05, 0) is 49.4 Å². The van der Waals surface area contributed by atoms with Crippen molar-refractivity contribution in [1.82, 2.24) is 0 Å². The Bertz CT molecular complexity index is 677. The Morgan fingerprint density at radius 3 is 2.57 bits per heavy atom. The van der Waals surface area contributed by atoms with E-state index in [1.807, 2.05) is 30.3 Å². The number of nitriles is 1. The third-order valence-electron chi connectivity index (χ3n) is 2.88. The molecule has 106 valence electrons. The van der Waals surface area contributed by atoms with Gasteiger partial charge in [-0.2, -0.15) is 5.26 Å². The first-order chi connectivity index (χ1) is 10.1. The molecule has 2 rings (SSSR count). The molecular formula is C16H14BrN3O. The van der Waals surface area contributed by atoms with E-state index >= 15 is 0 Å². The summed E-state index contributed by atoms with van der Waals surface area (Å²) < 4.78 is 0.985. The molecule has 0 heterocycles. The first kappa shape index (κ1) is 15.1. The molecule has 0 spiro atoms. The van der Waals surface area contributed by atoms with Gasteiger partial charge in [-0.15, -0.1) is 0 Å². The monoisotopic (exact) mass is 343 g/mol. The van der Waals surface area contributed by atoms with E-state index in [0.717, 1.165) is 10.2 Å². The second-order valence-electron chi connectivity index (χ2n) is 4.55. The van der Waals surface area contributed by atoms with Crippen LogP contribution < -0.4 is 10.6 Å². The minimum absolute atomic E-state index is 0.159. The van der Waals surface area contributed by atoms with Crippen molar-refractivity contribution in [1.29, 1.82) is 5.26 Å². The maximum atomic E-state index is 12.1. The molecule has 0 aromatic heterocycles. The van der Waals surface area contributed by atoms with Crippen LogP contribution >= 0.6 is 15.9 Å². The van der Waals surface area contributed by atoms with Crippen LogP contribution in [0.2, 0.25) is 0 Å². The van der Waals surface area contributed by atoms with E-state index in [-0.39, 0.29) is 5.91 Å². The van der Waals surface area contributed by atoms with E-state index < -0.39 is 6.04 Å². The maximum absolute atomic E-state index is 12.1. The van der Waals surface area contributed by atoms with Crippen molar-refractivity contribution in [2.24, 2.45) is 0 Å². The third-order valence-corrected chi connectivity index (χ3v) is 3.41. The number of anilines is 2. The SMILES string of the molecule is C[C@@H](Nc1ccc(Br)cc1)C(=O)Nc1cccc(C#N)c1. The fraction of sp³-hybridized carbons (Fsp3) is 0.125. The molecule has 21 heavy (non-hydrogen) atoms. The van der Waals surface area contributed by atoms with Gasteiger partial charge in [-0.25, -0.2) is 0 Å². The van der Waals surface area contributed by atoms with Gasteiger partial charge in [0.05, 0.1) is 11.6 Å². The highest BCUT2D eigenvalue weighted by atomic mass is 79.9. The highest BCUT2D eigenvalue weighted by molar-refractivity contribution is 9.10. The number of halogens is 1. The molecular weight excluding hydrogens is 330 g/mol. The zero-order chi connectivity index (χ0) is 15.2. The minimum atomic E-state index is -0.392. The van der Waals surface area contributed by atoms with E-state index in [4.69, 9.17) is 5.26 Å². The van der Waals surface area contributed by atoms with E-state index in [2.05, 4.69) is 26.6 Å². The first-order valence-electron chi connectivity index (χ1n) is 6.41. The molecule has 2 aromatic carbocycles. The number of rotatable bonds is 4. The standard InChI is InChI=1S/C16H14BrN3O/c1-11(19-14-7-5-13(17)6-8-14)16(21)20-15-4-2-3-12(9-15)10-18/h2-9,11,19H,1H3,(H,20,21)/t11-/m1/s1. The lowest BCUT2D eigenvalue weighted by molar-refractivity contribution is -0.116. The summed E-state index contributed by atoms with van der Waals surface area (Å²) >= 11 is 3.36. The van der Waals surface area contributed by atoms with Crippen LogP contribution in [0.25, 0.3) is 0 Å². The van der Waals surface area contributed by atoms with Crippen LogP contribution in [0.1, 0.15) is 12.5 Å². The summed E-state index contributed by atoms with van der Waals surface area (Å²) in [5.74, 6) is -0.159. The molecule has 1 amide bonds. The molecule has 0 bridgehead atoms. The number of nitrogens with one attached hydrogen (secondary N) is 2. The van der Waals surface area contributed by atoms with Crippen molar-refractivity contribution in [2.45, 2.75) is 13.0 Å². The second kappa shape index (κ2) is 6.91. The van der Waals surface area contributed by atoms with E-state index in [1.165, 1.54) is 0 Å². The van der Waals surface area contributed by atoms with Crippen LogP contribution in [0.4, 0.5) is 11.4 Å². The van der Waals surface area contributed by atoms with Gasteiger partial charge in [0.15, 0.2) is 0 Å². The zero-order valence-corrected chi connectivity index (χ0v) is 13.0. The van der Waals surface area contributed by atoms with Gasteiger partial charge in [0, 0.05) is 15.8 Å². The van der Waals surface area contributed by atoms with E-state index in [1.54, 1.807) is 31.2 Å². The summed E-state index contributed by atoms with van der Waals surface area (Å²) in [6.45, 7) is 1.78. The molecule has 0 saturated heterocycles. The molecule has 0 radical (unpaired) electrons. The number of hydrogen-bond donors (Lipinski definition) is 2. The van der Waals surface area contributed by atoms with Gasteiger partial charge in [0.25, 0.3) is 0 Å². The van der Waals surface area contributed by atoms with Crippen molar-refractivity contribution in [3.05, 3.63) is 58.6 Å². The number of carbonyl (C=O) groups excluding carboxylic acids is 1. The van der Waals surface area contributed by atoms with Crippen LogP contribution in [-0.2, 0) is 4.79 Å². The van der Waals surface area contributed by atoms with Crippen LogP contribution in [0.15, 0.2) is 53.0 Å². The number of carbonyl (C=O) groups is 1. The quantitative estimate of drug-likeness (QED) is 0.888. The average molecular weight is 344 g/mol. The maximum Gasteiger partial charge on any atom is 0.246 e. The molecule has 1 atom stereocenters. The highest BCUT2D eigenvalue weighted by Gasteiger charge is 2.12. The number of benzene rings is 2. The molecule has 4 nitrogen and oxygen atoms in total. The molecule has 0 unspecified atom stereocenters. The lowest BCUT2D eigenvalue weighted by Gasteiger charge is -2.15. The summed E-state index contributed by atoms with van der Waals surface area (Å²) in [6.07, 6.45) is 0. The van der Waals surface area contributed by atoms with Gasteiger partial charge < -0.3 is 10.6 Å². The van der Waals surface area contributed by atoms with Crippen LogP contribution in [-0.4, -0.2) is 11.9 Å². The normalized spacial score (nSPS) is 11.3. The Morgan fingerprint density at radius 1 is 1.19 bits per heavy atom. The summed E-state index contributed by atoms with van der Waals surface area (Å²) in [5.41, 5.74) is 2.00. The molecule has 0 saturated carbocycles. The number of hydrogen-bond acceptors (Lipinski definition) is 3. The Kier molecular flexibility index (Phi) is 4.96.